The minimum Gasteiger partial charge on any atom is -0.258 e. The van der Waals surface area contributed by atoms with Gasteiger partial charge in [0.05, 0.1) is 4.92 Å². The molecule has 0 aliphatic rings. The molecule has 0 aliphatic heterocycles. The molecule has 0 N–H and O–H groups in total. The molecule has 0 spiro atoms. The molecule has 5 heteroatoms. The van der Waals surface area contributed by atoms with Gasteiger partial charge >= 0.3 is 0 Å². The molecule has 0 atom stereocenters. The van der Waals surface area contributed by atoms with Crippen molar-refractivity contribution in [2.24, 2.45) is 0 Å². The zero-order valence-corrected chi connectivity index (χ0v) is 9.33. The second-order valence-corrected chi connectivity index (χ2v) is 3.79. The summed E-state index contributed by atoms with van der Waals surface area (Å²) in [5, 5.41) is 13.1. The first-order chi connectivity index (χ1) is 6.24. The Hall–Kier alpha value is -0.740. The van der Waals surface area contributed by atoms with Crippen molar-refractivity contribution in [1.82, 2.24) is 0 Å². The summed E-state index contributed by atoms with van der Waals surface area (Å²) in [5.41, 5.74) is 0.739. The van der Waals surface area contributed by atoms with Crippen molar-refractivity contribution in [2.75, 3.05) is 0 Å². The Morgan fingerprint density at radius 2 is 2.31 bits per heavy atom. The largest absolute Gasteiger partial charge is 0.270 e. The molecule has 1 aromatic rings. The van der Waals surface area contributed by atoms with Crippen LogP contribution in [0.25, 0.3) is 0 Å². The van der Waals surface area contributed by atoms with Crippen molar-refractivity contribution in [3.05, 3.63) is 39.9 Å². The number of hydrogen-bond donors (Lipinski definition) is 0. The Morgan fingerprint density at radius 3 is 2.92 bits per heavy atom. The number of halogens is 1. The SMILES string of the molecule is O=[N+]([O-])c1cccc(C#CSI)c1. The molecule has 0 saturated carbocycles. The number of nitro benzene ring substituents is 1. The summed E-state index contributed by atoms with van der Waals surface area (Å²) in [5.74, 6) is 2.79. The van der Waals surface area contributed by atoms with Gasteiger partial charge in [-0.1, -0.05) is 12.0 Å². The van der Waals surface area contributed by atoms with Crippen molar-refractivity contribution in [3.63, 3.8) is 0 Å². The van der Waals surface area contributed by atoms with Crippen LogP contribution < -0.4 is 0 Å². The van der Waals surface area contributed by atoms with E-state index in [4.69, 9.17) is 0 Å². The molecule has 1 rings (SSSR count). The van der Waals surface area contributed by atoms with E-state index in [9.17, 15) is 10.1 Å². The van der Waals surface area contributed by atoms with Gasteiger partial charge in [0.15, 0.2) is 0 Å². The van der Waals surface area contributed by atoms with E-state index in [0.29, 0.717) is 5.56 Å². The highest BCUT2D eigenvalue weighted by atomic mass is 127. The molecule has 0 bridgehead atoms. The molecule has 0 aliphatic carbocycles. The molecule has 0 radical (unpaired) electrons. The van der Waals surface area contributed by atoms with E-state index in [2.05, 4.69) is 11.2 Å². The van der Waals surface area contributed by atoms with E-state index in [1.165, 1.54) is 21.1 Å². The number of nitro groups is 1. The first-order valence-corrected chi connectivity index (χ1v) is 6.63. The lowest BCUT2D eigenvalue weighted by Gasteiger charge is -1.90. The molecular weight excluding hydrogens is 301 g/mol. The van der Waals surface area contributed by atoms with E-state index >= 15 is 0 Å². The third-order valence-electron chi connectivity index (χ3n) is 1.29. The lowest BCUT2D eigenvalue weighted by molar-refractivity contribution is -0.384. The van der Waals surface area contributed by atoms with Crippen LogP contribution in [0.3, 0.4) is 0 Å². The molecule has 13 heavy (non-hydrogen) atoms. The summed E-state index contributed by atoms with van der Waals surface area (Å²) in [4.78, 5) is 9.95. The fourth-order valence-corrected chi connectivity index (χ4v) is 1.26. The average molecular weight is 305 g/mol. The van der Waals surface area contributed by atoms with Gasteiger partial charge in [-0.05, 0) is 20.3 Å². The molecule has 0 fully saturated rings. The zero-order valence-electron chi connectivity index (χ0n) is 6.36. The minimum atomic E-state index is -0.428. The number of nitrogens with zero attached hydrogens (tertiary/aromatic N) is 1. The summed E-state index contributed by atoms with van der Waals surface area (Å²) in [6, 6.07) is 6.27. The highest BCUT2D eigenvalue weighted by molar-refractivity contribution is 14.2. The van der Waals surface area contributed by atoms with E-state index < -0.39 is 4.92 Å². The fraction of sp³-hybridized carbons (Fsp3) is 0. The first-order valence-electron chi connectivity index (χ1n) is 3.27. The van der Waals surface area contributed by atoms with E-state index in [1.54, 1.807) is 12.1 Å². The third kappa shape index (κ3) is 3.24. The van der Waals surface area contributed by atoms with Crippen molar-refractivity contribution in [3.8, 4) is 11.2 Å². The van der Waals surface area contributed by atoms with Gasteiger partial charge in [0, 0.05) is 38.9 Å². The molecule has 0 heterocycles. The Bertz CT molecular complexity index is 383. The number of hydrogen-bond acceptors (Lipinski definition) is 3. The molecular formula is C8H4INO2S. The normalized spacial score (nSPS) is 8.69. The Labute approximate surface area is 91.6 Å². The molecule has 0 aromatic heterocycles. The predicted octanol–water partition coefficient (Wildman–Crippen LogP) is 2.99. The van der Waals surface area contributed by atoms with E-state index in [1.807, 2.05) is 21.2 Å². The van der Waals surface area contributed by atoms with Crippen molar-refractivity contribution < 1.29 is 4.92 Å². The second-order valence-electron chi connectivity index (χ2n) is 2.11. The van der Waals surface area contributed by atoms with Crippen LogP contribution >= 0.6 is 30.1 Å². The maximum Gasteiger partial charge on any atom is 0.270 e. The van der Waals surface area contributed by atoms with E-state index in [0.717, 1.165) is 0 Å². The lowest BCUT2D eigenvalue weighted by Crippen LogP contribution is -1.87. The average Bonchev–Trinajstić information content (AvgIpc) is 2.15. The number of non-ortho nitro benzene ring substituents is 1. The first kappa shape index (κ1) is 10.3. The summed E-state index contributed by atoms with van der Waals surface area (Å²) in [6.45, 7) is 0. The van der Waals surface area contributed by atoms with Crippen molar-refractivity contribution in [2.45, 2.75) is 0 Å². The van der Waals surface area contributed by atoms with Gasteiger partial charge < -0.3 is 0 Å². The highest BCUT2D eigenvalue weighted by Gasteiger charge is 2.03. The summed E-state index contributed by atoms with van der Waals surface area (Å²) in [6.07, 6.45) is 0. The molecule has 3 nitrogen and oxygen atoms in total. The monoisotopic (exact) mass is 305 g/mol. The minimum absolute atomic E-state index is 0.0743. The van der Waals surface area contributed by atoms with Gasteiger partial charge in [-0.3, -0.25) is 10.1 Å². The second kappa shape index (κ2) is 5.09. The zero-order chi connectivity index (χ0) is 9.68. The lowest BCUT2D eigenvalue weighted by atomic mass is 10.2. The quantitative estimate of drug-likeness (QED) is 0.347. The van der Waals surface area contributed by atoms with Gasteiger partial charge in [0.2, 0.25) is 0 Å². The maximum absolute atomic E-state index is 10.4. The molecule has 0 saturated heterocycles. The van der Waals surface area contributed by atoms with Gasteiger partial charge in [0.25, 0.3) is 5.69 Å². The smallest absolute Gasteiger partial charge is 0.258 e. The van der Waals surface area contributed by atoms with Crippen molar-refractivity contribution >= 4 is 35.8 Å². The van der Waals surface area contributed by atoms with Gasteiger partial charge in [-0.2, -0.15) is 0 Å². The van der Waals surface area contributed by atoms with Gasteiger partial charge in [0.1, 0.15) is 0 Å². The Balaban J connectivity index is 2.98. The standard InChI is InChI=1S/C8H4INO2S/c9-13-5-4-7-2-1-3-8(6-7)10(11)12/h1-3,6H. The summed E-state index contributed by atoms with van der Waals surface area (Å²) in [7, 11) is 1.35. The van der Waals surface area contributed by atoms with Crippen LogP contribution in [0, 0.1) is 21.3 Å². The molecule has 66 valence electrons. The summed E-state index contributed by atoms with van der Waals surface area (Å²) >= 11 is 2.05. The predicted molar refractivity (Wildman–Crippen MR) is 61.6 cm³/mol. The number of rotatable bonds is 1. The maximum atomic E-state index is 10.4. The summed E-state index contributed by atoms with van der Waals surface area (Å²) < 4.78 is 0. The van der Waals surface area contributed by atoms with Crippen LogP contribution in [0.4, 0.5) is 5.69 Å². The molecule has 1 aromatic carbocycles. The fourth-order valence-electron chi connectivity index (χ4n) is 0.775. The highest BCUT2D eigenvalue weighted by Crippen LogP contribution is 2.13. The van der Waals surface area contributed by atoms with Crippen LogP contribution in [0.15, 0.2) is 24.3 Å². The van der Waals surface area contributed by atoms with Crippen LogP contribution in [0.1, 0.15) is 5.56 Å². The third-order valence-corrected chi connectivity index (χ3v) is 2.13. The van der Waals surface area contributed by atoms with Crippen LogP contribution in [-0.2, 0) is 0 Å². The van der Waals surface area contributed by atoms with E-state index in [-0.39, 0.29) is 5.69 Å². The van der Waals surface area contributed by atoms with Crippen LogP contribution in [-0.4, -0.2) is 4.92 Å². The van der Waals surface area contributed by atoms with Gasteiger partial charge in [-0.25, -0.2) is 0 Å². The van der Waals surface area contributed by atoms with Gasteiger partial charge in [-0.15, -0.1) is 0 Å². The van der Waals surface area contributed by atoms with Crippen LogP contribution in [0.5, 0.6) is 0 Å². The topological polar surface area (TPSA) is 43.1 Å². The Kier molecular flexibility index (Phi) is 4.05. The number of benzene rings is 1. The molecule has 0 amide bonds. The van der Waals surface area contributed by atoms with Crippen molar-refractivity contribution in [1.29, 1.82) is 0 Å². The molecule has 0 unspecified atom stereocenters. The Morgan fingerprint density at radius 1 is 1.54 bits per heavy atom. The van der Waals surface area contributed by atoms with Crippen LogP contribution in [0.2, 0.25) is 0 Å².